The van der Waals surface area contributed by atoms with Gasteiger partial charge in [-0.2, -0.15) is 0 Å². The zero-order chi connectivity index (χ0) is 22.5. The predicted octanol–water partition coefficient (Wildman–Crippen LogP) is 2.87. The van der Waals surface area contributed by atoms with E-state index in [4.69, 9.17) is 14.2 Å². The van der Waals surface area contributed by atoms with Crippen molar-refractivity contribution in [2.24, 2.45) is 0 Å². The Kier molecular flexibility index (Phi) is 6.81. The van der Waals surface area contributed by atoms with Crippen molar-refractivity contribution in [1.29, 1.82) is 0 Å². The lowest BCUT2D eigenvalue weighted by molar-refractivity contribution is -0.140. The molecule has 3 rings (SSSR count). The fourth-order valence-corrected chi connectivity index (χ4v) is 3.62. The first kappa shape index (κ1) is 22.2. The molecule has 0 aromatic heterocycles. The van der Waals surface area contributed by atoms with Crippen molar-refractivity contribution in [3.63, 3.8) is 0 Å². The fraction of sp³-hybridized carbons (Fsp3) is 0.304. The number of phenolic OH excluding ortho intramolecular Hbond substituents is 1. The maximum atomic E-state index is 12.9. The SMILES string of the molecule is COCCCN1C(=O)C(=O)/C(=C(\O)c2ccc(OC)cc2)C1c1ccc(OC)c(O)c1. The van der Waals surface area contributed by atoms with Gasteiger partial charge < -0.3 is 29.3 Å². The molecule has 1 amide bonds. The van der Waals surface area contributed by atoms with E-state index >= 15 is 0 Å². The van der Waals surface area contributed by atoms with E-state index in [0.717, 1.165) is 0 Å². The number of carbonyl (C=O) groups is 2. The van der Waals surface area contributed by atoms with Crippen molar-refractivity contribution < 1.29 is 34.0 Å². The number of aliphatic hydroxyl groups is 1. The summed E-state index contributed by atoms with van der Waals surface area (Å²) in [4.78, 5) is 27.1. The highest BCUT2D eigenvalue weighted by Gasteiger charge is 2.46. The minimum absolute atomic E-state index is 0.0443. The minimum Gasteiger partial charge on any atom is -0.507 e. The number of rotatable bonds is 8. The largest absolute Gasteiger partial charge is 0.507 e. The summed E-state index contributed by atoms with van der Waals surface area (Å²) in [7, 11) is 4.50. The highest BCUT2D eigenvalue weighted by Crippen LogP contribution is 2.41. The number of Topliss-reactive ketones (excluding diaryl/α,β-unsaturated/α-hetero) is 1. The average Bonchev–Trinajstić information content (AvgIpc) is 3.03. The molecule has 1 aliphatic heterocycles. The third-order valence-electron chi connectivity index (χ3n) is 5.17. The second kappa shape index (κ2) is 9.53. The van der Waals surface area contributed by atoms with Gasteiger partial charge in [0.2, 0.25) is 0 Å². The first-order chi connectivity index (χ1) is 14.9. The van der Waals surface area contributed by atoms with Crippen LogP contribution in [-0.2, 0) is 14.3 Å². The second-order valence-corrected chi connectivity index (χ2v) is 7.00. The van der Waals surface area contributed by atoms with Crippen molar-refractivity contribution in [3.05, 3.63) is 59.2 Å². The molecule has 1 unspecified atom stereocenters. The minimum atomic E-state index is -0.865. The molecule has 1 aliphatic rings. The lowest BCUT2D eigenvalue weighted by Crippen LogP contribution is -2.31. The summed E-state index contributed by atoms with van der Waals surface area (Å²) < 4.78 is 15.3. The van der Waals surface area contributed by atoms with Gasteiger partial charge in [0.05, 0.1) is 25.8 Å². The van der Waals surface area contributed by atoms with E-state index in [1.54, 1.807) is 43.5 Å². The van der Waals surface area contributed by atoms with Crippen molar-refractivity contribution >= 4 is 17.4 Å². The number of hydrogen-bond acceptors (Lipinski definition) is 7. The number of carbonyl (C=O) groups excluding carboxylic acids is 2. The molecule has 2 N–H and O–H groups in total. The number of phenols is 1. The standard InChI is InChI=1S/C23H25NO7/c1-29-12-4-11-24-20(15-7-10-18(31-3)17(25)13-15)19(22(27)23(24)28)21(26)14-5-8-16(30-2)9-6-14/h5-10,13,20,25-26H,4,11-12H2,1-3H3/b21-19-. The van der Waals surface area contributed by atoms with Gasteiger partial charge in [0.1, 0.15) is 11.5 Å². The third kappa shape index (κ3) is 4.34. The summed E-state index contributed by atoms with van der Waals surface area (Å²) in [6.07, 6.45) is 0.505. The van der Waals surface area contributed by atoms with E-state index < -0.39 is 17.7 Å². The Morgan fingerprint density at radius 2 is 1.74 bits per heavy atom. The summed E-state index contributed by atoms with van der Waals surface area (Å²) in [6.45, 7) is 0.650. The van der Waals surface area contributed by atoms with Crippen LogP contribution >= 0.6 is 0 Å². The van der Waals surface area contributed by atoms with Crippen LogP contribution in [0.1, 0.15) is 23.6 Å². The Labute approximate surface area is 180 Å². The molecular weight excluding hydrogens is 402 g/mol. The zero-order valence-corrected chi connectivity index (χ0v) is 17.6. The third-order valence-corrected chi connectivity index (χ3v) is 5.17. The number of hydrogen-bond donors (Lipinski definition) is 2. The van der Waals surface area contributed by atoms with Gasteiger partial charge in [-0.3, -0.25) is 9.59 Å². The molecule has 0 bridgehead atoms. The summed E-state index contributed by atoms with van der Waals surface area (Å²) in [6, 6.07) is 10.3. The van der Waals surface area contributed by atoms with E-state index in [1.807, 2.05) is 0 Å². The van der Waals surface area contributed by atoms with Crippen molar-refractivity contribution in [2.75, 3.05) is 34.5 Å². The molecule has 2 aromatic rings. The van der Waals surface area contributed by atoms with Gasteiger partial charge in [-0.05, 0) is 48.4 Å². The molecule has 8 nitrogen and oxygen atoms in total. The average molecular weight is 427 g/mol. The topological polar surface area (TPSA) is 106 Å². The van der Waals surface area contributed by atoms with Gasteiger partial charge in [0.25, 0.3) is 11.7 Å². The zero-order valence-electron chi connectivity index (χ0n) is 17.6. The Morgan fingerprint density at radius 3 is 2.32 bits per heavy atom. The van der Waals surface area contributed by atoms with E-state index in [9.17, 15) is 19.8 Å². The maximum absolute atomic E-state index is 12.9. The highest BCUT2D eigenvalue weighted by molar-refractivity contribution is 6.46. The van der Waals surface area contributed by atoms with Crippen LogP contribution in [0.25, 0.3) is 5.76 Å². The molecule has 31 heavy (non-hydrogen) atoms. The van der Waals surface area contributed by atoms with E-state index in [2.05, 4.69) is 0 Å². The predicted molar refractivity (Wildman–Crippen MR) is 113 cm³/mol. The number of aliphatic hydroxyl groups excluding tert-OH is 1. The van der Waals surface area contributed by atoms with Crippen LogP contribution in [0, 0.1) is 0 Å². The van der Waals surface area contributed by atoms with Crippen molar-refractivity contribution in [1.82, 2.24) is 4.90 Å². The first-order valence-corrected chi connectivity index (χ1v) is 9.71. The van der Waals surface area contributed by atoms with Crippen LogP contribution in [0.2, 0.25) is 0 Å². The number of nitrogens with zero attached hydrogens (tertiary/aromatic N) is 1. The Morgan fingerprint density at radius 1 is 1.03 bits per heavy atom. The number of benzene rings is 2. The van der Waals surface area contributed by atoms with Gasteiger partial charge in [0.15, 0.2) is 11.5 Å². The molecule has 1 saturated heterocycles. The lowest BCUT2D eigenvalue weighted by atomic mass is 9.95. The van der Waals surface area contributed by atoms with Gasteiger partial charge in [0, 0.05) is 25.8 Å². The van der Waals surface area contributed by atoms with Crippen LogP contribution in [0.5, 0.6) is 17.2 Å². The van der Waals surface area contributed by atoms with Crippen molar-refractivity contribution in [3.8, 4) is 17.2 Å². The van der Waals surface area contributed by atoms with E-state index in [0.29, 0.717) is 29.9 Å². The Balaban J connectivity index is 2.12. The molecule has 8 heteroatoms. The normalized spacial score (nSPS) is 17.8. The number of likely N-dealkylation sites (tertiary alicyclic amines) is 1. The van der Waals surface area contributed by atoms with Crippen LogP contribution in [0.4, 0.5) is 0 Å². The molecule has 0 saturated carbocycles. The first-order valence-electron chi connectivity index (χ1n) is 9.71. The molecule has 1 atom stereocenters. The van der Waals surface area contributed by atoms with Crippen LogP contribution in [-0.4, -0.2) is 61.3 Å². The number of aromatic hydroxyl groups is 1. The molecular formula is C23H25NO7. The maximum Gasteiger partial charge on any atom is 0.295 e. The smallest absolute Gasteiger partial charge is 0.295 e. The van der Waals surface area contributed by atoms with Crippen molar-refractivity contribution in [2.45, 2.75) is 12.5 Å². The molecule has 164 valence electrons. The number of ketones is 1. The van der Waals surface area contributed by atoms with Crippen LogP contribution in [0.15, 0.2) is 48.0 Å². The summed E-state index contributed by atoms with van der Waals surface area (Å²) in [5.74, 6) is -1.08. The fourth-order valence-electron chi connectivity index (χ4n) is 3.62. The second-order valence-electron chi connectivity index (χ2n) is 7.00. The molecule has 1 heterocycles. The van der Waals surface area contributed by atoms with Crippen LogP contribution < -0.4 is 9.47 Å². The van der Waals surface area contributed by atoms with Gasteiger partial charge in [-0.25, -0.2) is 0 Å². The number of ether oxygens (including phenoxy) is 3. The monoisotopic (exact) mass is 427 g/mol. The number of amides is 1. The highest BCUT2D eigenvalue weighted by atomic mass is 16.5. The molecule has 0 radical (unpaired) electrons. The molecule has 0 aliphatic carbocycles. The molecule has 2 aromatic carbocycles. The quantitative estimate of drug-likeness (QED) is 0.289. The molecule has 0 spiro atoms. The molecule has 1 fully saturated rings. The Hall–Kier alpha value is -3.52. The lowest BCUT2D eigenvalue weighted by Gasteiger charge is -2.25. The summed E-state index contributed by atoms with van der Waals surface area (Å²) in [5, 5.41) is 21.2. The number of methoxy groups -OCH3 is 3. The van der Waals surface area contributed by atoms with Gasteiger partial charge in [-0.1, -0.05) is 6.07 Å². The summed E-state index contributed by atoms with van der Waals surface area (Å²) >= 11 is 0. The van der Waals surface area contributed by atoms with E-state index in [-0.39, 0.29) is 29.4 Å². The van der Waals surface area contributed by atoms with Gasteiger partial charge >= 0.3 is 0 Å². The Bertz CT molecular complexity index is 997. The van der Waals surface area contributed by atoms with E-state index in [1.165, 1.54) is 25.2 Å². The van der Waals surface area contributed by atoms with Gasteiger partial charge in [-0.15, -0.1) is 0 Å². The van der Waals surface area contributed by atoms with Crippen LogP contribution in [0.3, 0.4) is 0 Å². The summed E-state index contributed by atoms with van der Waals surface area (Å²) in [5.41, 5.74) is 0.806.